The van der Waals surface area contributed by atoms with Gasteiger partial charge in [-0.3, -0.25) is 0 Å². The lowest BCUT2D eigenvalue weighted by atomic mass is 9.98. The van der Waals surface area contributed by atoms with Gasteiger partial charge in [0.15, 0.2) is 39.0 Å². The predicted molar refractivity (Wildman–Crippen MR) is 352 cm³/mol. The van der Waals surface area contributed by atoms with E-state index in [0.29, 0.717) is 22.5 Å². The molecular formula is C76H84F7N10+5. The zero-order chi connectivity index (χ0) is 68.2. The quantitative estimate of drug-likeness (QED) is 0.113. The van der Waals surface area contributed by atoms with Crippen LogP contribution in [0.3, 0.4) is 0 Å². The van der Waals surface area contributed by atoms with Crippen molar-refractivity contribution >= 4 is 0 Å². The lowest BCUT2D eigenvalue weighted by molar-refractivity contribution is -0.744. The molecule has 12 aromatic rings. The topological polar surface area (TPSA) is 44.0 Å². The van der Waals surface area contributed by atoms with Crippen LogP contribution in [0.5, 0.6) is 0 Å². The first kappa shape index (κ1) is 69.0. The first-order valence-corrected chi connectivity index (χ1v) is 30.5. The van der Waals surface area contributed by atoms with E-state index in [1.54, 1.807) is 64.3 Å². The Hall–Kier alpha value is -9.90. The molecule has 0 spiro atoms. The summed E-state index contributed by atoms with van der Waals surface area (Å²) in [5, 5.41) is 0. The molecule has 12 rings (SSSR count). The molecule has 482 valence electrons. The highest BCUT2D eigenvalue weighted by Gasteiger charge is 2.25. The summed E-state index contributed by atoms with van der Waals surface area (Å²) in [6, 6.07) is 32.0. The molecule has 0 aliphatic heterocycles. The molecule has 0 fully saturated rings. The van der Waals surface area contributed by atoms with Crippen LogP contribution in [0, 0.1) is 138 Å². The predicted octanol–water partition coefficient (Wildman–Crippen LogP) is 15.1. The molecule has 5 aromatic heterocycles. The number of nitrogens with zero attached hydrogens (tertiary/aromatic N) is 10. The van der Waals surface area contributed by atoms with Gasteiger partial charge in [0.1, 0.15) is 46.1 Å². The van der Waals surface area contributed by atoms with Gasteiger partial charge in [-0.05, 0) is 190 Å². The van der Waals surface area contributed by atoms with Crippen molar-refractivity contribution in [1.82, 2.24) is 23.4 Å². The van der Waals surface area contributed by atoms with Crippen LogP contribution in [0.25, 0.3) is 50.7 Å². The summed E-state index contributed by atoms with van der Waals surface area (Å²) in [5.74, 6) is -2.79. The van der Waals surface area contributed by atoms with Gasteiger partial charge >= 0.3 is 0 Å². The van der Waals surface area contributed by atoms with Gasteiger partial charge in [-0.25, -0.2) is 30.7 Å². The third-order valence-corrected chi connectivity index (χ3v) is 16.7. The molecule has 7 aromatic carbocycles. The smallest absolute Gasteiger partial charge is 0.207 e. The second-order valence-corrected chi connectivity index (χ2v) is 24.2. The molecule has 0 saturated carbocycles. The standard InChI is InChI=1S/C19H19F2N2.C17H15F2N2.C14H18FN2.2C13H16FN2/c1-12-6-5-7-13(2)18(12)15-10-22(4)23(11-15)19-14(3)8-16(20)9-17(19)21;1-12-8-15(18)9-16(19)17(12)21-11-14(10-20(21)2)13-6-4-3-5-7-13;1-9-6-13(15)7-10(2)14(9)17-8-11(3)12(4)16(17)5;1-9-7-15(4)16(8-9)13-10(2)5-12(14)6-11(13)3;1-9-7-12(14)8-10(2)13(9)16-6-5-11(3)15(16)4/h5-11H,1-4H3;3-11H,1-2H3;6-8H,1-5H3;2*5-8H,1-4H3/q5*+1. The van der Waals surface area contributed by atoms with Crippen molar-refractivity contribution in [3.8, 4) is 50.7 Å². The van der Waals surface area contributed by atoms with E-state index in [0.717, 1.165) is 84.8 Å². The number of aryl methyl sites for hydroxylation is 16. The second-order valence-electron chi connectivity index (χ2n) is 24.2. The molecule has 93 heavy (non-hydrogen) atoms. The van der Waals surface area contributed by atoms with E-state index in [4.69, 9.17) is 0 Å². The van der Waals surface area contributed by atoms with E-state index in [-0.39, 0.29) is 17.5 Å². The highest BCUT2D eigenvalue weighted by Crippen LogP contribution is 2.29. The van der Waals surface area contributed by atoms with Gasteiger partial charge in [0, 0.05) is 51.6 Å². The van der Waals surface area contributed by atoms with Gasteiger partial charge in [-0.2, -0.15) is 9.36 Å². The summed E-state index contributed by atoms with van der Waals surface area (Å²) in [7, 11) is 9.67. The zero-order valence-corrected chi connectivity index (χ0v) is 56.7. The summed E-state index contributed by atoms with van der Waals surface area (Å²) >= 11 is 0. The number of hydrogen-bond acceptors (Lipinski definition) is 0. The van der Waals surface area contributed by atoms with Gasteiger partial charge in [0.2, 0.25) is 36.2 Å². The lowest BCUT2D eigenvalue weighted by Crippen LogP contribution is -2.40. The van der Waals surface area contributed by atoms with Gasteiger partial charge in [-0.1, -0.05) is 57.9 Å². The number of aromatic nitrogens is 10. The van der Waals surface area contributed by atoms with E-state index in [1.807, 2.05) is 200 Å². The van der Waals surface area contributed by atoms with Crippen molar-refractivity contribution < 1.29 is 54.1 Å². The molecule has 0 radical (unpaired) electrons. The number of hydrogen-bond donors (Lipinski definition) is 0. The van der Waals surface area contributed by atoms with Crippen molar-refractivity contribution in [3.05, 3.63) is 284 Å². The van der Waals surface area contributed by atoms with Gasteiger partial charge < -0.3 is 0 Å². The number of halogens is 7. The fourth-order valence-corrected chi connectivity index (χ4v) is 12.1. The summed E-state index contributed by atoms with van der Waals surface area (Å²) in [6.07, 6.45) is 15.8. The minimum Gasteiger partial charge on any atom is -0.207 e. The molecule has 0 amide bonds. The zero-order valence-electron chi connectivity index (χ0n) is 56.7. The maximum absolute atomic E-state index is 14.3. The maximum Gasteiger partial charge on any atom is 0.241 e. The van der Waals surface area contributed by atoms with Crippen molar-refractivity contribution in [1.29, 1.82) is 0 Å². The Morgan fingerprint density at radius 3 is 1.11 bits per heavy atom. The first-order chi connectivity index (χ1) is 43.8. The largest absolute Gasteiger partial charge is 0.241 e. The van der Waals surface area contributed by atoms with E-state index in [2.05, 4.69) is 55.4 Å². The molecular weight excluding hydrogens is 1190 g/mol. The van der Waals surface area contributed by atoms with Crippen LogP contribution in [0.4, 0.5) is 30.7 Å². The molecule has 0 bridgehead atoms. The van der Waals surface area contributed by atoms with Gasteiger partial charge in [0.25, 0.3) is 0 Å². The summed E-state index contributed by atoms with van der Waals surface area (Å²) in [6.45, 7) is 27.4. The minimum absolute atomic E-state index is 0.174. The Bertz CT molecular complexity index is 4520. The Labute approximate surface area is 541 Å². The minimum atomic E-state index is -0.571. The average molecular weight is 1270 g/mol. The van der Waals surface area contributed by atoms with Crippen molar-refractivity contribution in [3.63, 3.8) is 0 Å². The van der Waals surface area contributed by atoms with Crippen LogP contribution < -0.4 is 23.4 Å². The molecule has 0 aliphatic carbocycles. The van der Waals surface area contributed by atoms with Crippen molar-refractivity contribution in [2.75, 3.05) is 0 Å². The maximum atomic E-state index is 14.3. The highest BCUT2D eigenvalue weighted by atomic mass is 19.2. The molecule has 0 aliphatic rings. The van der Waals surface area contributed by atoms with Gasteiger partial charge in [0.05, 0.1) is 55.2 Å². The van der Waals surface area contributed by atoms with Crippen molar-refractivity contribution in [2.24, 2.45) is 35.2 Å². The number of benzene rings is 7. The van der Waals surface area contributed by atoms with E-state index in [1.165, 1.54) is 45.8 Å². The summed E-state index contributed by atoms with van der Waals surface area (Å²) < 4.78 is 114. The lowest BCUT2D eigenvalue weighted by Gasteiger charge is -2.08. The molecule has 0 saturated heterocycles. The Morgan fingerprint density at radius 1 is 0.323 bits per heavy atom. The summed E-state index contributed by atoms with van der Waals surface area (Å²) in [5.41, 5.74) is 22.0. The van der Waals surface area contributed by atoms with E-state index in [9.17, 15) is 30.7 Å². The molecule has 0 unspecified atom stereocenters. The van der Waals surface area contributed by atoms with Crippen LogP contribution in [-0.2, 0) is 35.2 Å². The fourth-order valence-electron chi connectivity index (χ4n) is 12.1. The molecule has 17 heteroatoms. The van der Waals surface area contributed by atoms with E-state index >= 15 is 0 Å². The van der Waals surface area contributed by atoms with Crippen LogP contribution >= 0.6 is 0 Å². The molecule has 0 atom stereocenters. The Kier molecular flexibility index (Phi) is 21.3. The second kappa shape index (κ2) is 28.7. The Balaban J connectivity index is 0.000000151. The number of rotatable bonds is 7. The average Bonchev–Trinajstić information content (AvgIpc) is 1.74. The molecule has 0 N–H and O–H groups in total. The third-order valence-electron chi connectivity index (χ3n) is 16.7. The van der Waals surface area contributed by atoms with Crippen LogP contribution in [-0.4, -0.2) is 23.4 Å². The normalized spacial score (nSPS) is 10.9. The Morgan fingerprint density at radius 2 is 0.710 bits per heavy atom. The molecule has 10 nitrogen and oxygen atoms in total. The van der Waals surface area contributed by atoms with Crippen LogP contribution in [0.15, 0.2) is 165 Å². The van der Waals surface area contributed by atoms with Crippen molar-refractivity contribution in [2.45, 2.75) is 96.9 Å². The van der Waals surface area contributed by atoms with E-state index < -0.39 is 23.3 Å². The van der Waals surface area contributed by atoms with Crippen LogP contribution in [0.2, 0.25) is 0 Å². The highest BCUT2D eigenvalue weighted by molar-refractivity contribution is 5.69. The fraction of sp³-hybridized carbons (Fsp3) is 0.250. The van der Waals surface area contributed by atoms with Crippen LogP contribution in [0.1, 0.15) is 78.1 Å². The third kappa shape index (κ3) is 15.4. The monoisotopic (exact) mass is 1270 g/mol. The molecule has 5 heterocycles. The summed E-state index contributed by atoms with van der Waals surface area (Å²) in [4.78, 5) is 0. The van der Waals surface area contributed by atoms with Gasteiger partial charge in [-0.15, -0.1) is 28.1 Å². The first-order valence-electron chi connectivity index (χ1n) is 30.5. The SMILES string of the molecule is Cc1cc(F)cc(C)c1-[n+]1cc(C)c(C)n1C.Cc1cc(F)cc(C)c1-[n+]1ccc(C)n1C.Cc1cc(F)cc(F)c1-n1cc(-c2ccccc2)c[n+]1C.Cc1cccc(C)c1-c1cn(-c2c(C)cc(F)cc2F)[n+](C)c1.Cc1cn(-c2c(C)cc(F)cc2C)[n+](C)c1.